The van der Waals surface area contributed by atoms with E-state index in [-0.39, 0.29) is 5.91 Å². The van der Waals surface area contributed by atoms with Crippen LogP contribution in [0.1, 0.15) is 12.0 Å². The first kappa shape index (κ1) is 18.0. The van der Waals surface area contributed by atoms with Crippen molar-refractivity contribution in [2.75, 3.05) is 18.4 Å². The number of benzene rings is 2. The zero-order valence-electron chi connectivity index (χ0n) is 14.3. The summed E-state index contributed by atoms with van der Waals surface area (Å²) in [5, 5.41) is 7.98. The van der Waals surface area contributed by atoms with Crippen LogP contribution in [0.15, 0.2) is 66.9 Å². The SMILES string of the molecule is O=C(/C=C/c1ccccc1)NCCCNc1ccnc2cc(Cl)ccc12. The first-order chi connectivity index (χ1) is 12.7. The molecule has 4 nitrogen and oxygen atoms in total. The topological polar surface area (TPSA) is 54.0 Å². The highest BCUT2D eigenvalue weighted by Crippen LogP contribution is 2.24. The quantitative estimate of drug-likeness (QED) is 0.478. The van der Waals surface area contributed by atoms with Crippen molar-refractivity contribution in [3.05, 3.63) is 77.5 Å². The molecule has 0 radical (unpaired) electrons. The maximum absolute atomic E-state index is 11.8. The number of hydrogen-bond donors (Lipinski definition) is 2. The number of carbonyl (C=O) groups is 1. The number of amides is 1. The summed E-state index contributed by atoms with van der Waals surface area (Å²) in [7, 11) is 0. The first-order valence-electron chi connectivity index (χ1n) is 8.51. The zero-order chi connectivity index (χ0) is 18.2. The van der Waals surface area contributed by atoms with Gasteiger partial charge in [-0.05, 0) is 42.3 Å². The Kier molecular flexibility index (Phi) is 6.23. The molecule has 2 aromatic carbocycles. The van der Waals surface area contributed by atoms with Crippen molar-refractivity contribution in [1.29, 1.82) is 0 Å². The number of aromatic nitrogens is 1. The summed E-state index contributed by atoms with van der Waals surface area (Å²) in [6.45, 7) is 1.37. The number of carbonyl (C=O) groups excluding carboxylic acids is 1. The number of fused-ring (bicyclic) bond motifs is 1. The fraction of sp³-hybridized carbons (Fsp3) is 0.143. The largest absolute Gasteiger partial charge is 0.384 e. The minimum Gasteiger partial charge on any atom is -0.384 e. The third-order valence-corrected chi connectivity index (χ3v) is 4.13. The molecule has 3 aromatic rings. The number of pyridine rings is 1. The van der Waals surface area contributed by atoms with Gasteiger partial charge in [0, 0.05) is 41.5 Å². The molecular formula is C21H20ClN3O. The molecule has 1 heterocycles. The molecule has 5 heteroatoms. The van der Waals surface area contributed by atoms with Gasteiger partial charge in [-0.3, -0.25) is 9.78 Å². The molecule has 1 amide bonds. The van der Waals surface area contributed by atoms with Gasteiger partial charge in [-0.2, -0.15) is 0 Å². The van der Waals surface area contributed by atoms with Gasteiger partial charge in [-0.15, -0.1) is 0 Å². The molecule has 0 aliphatic heterocycles. The number of halogens is 1. The van der Waals surface area contributed by atoms with Gasteiger partial charge in [-0.25, -0.2) is 0 Å². The summed E-state index contributed by atoms with van der Waals surface area (Å²) >= 11 is 6.00. The smallest absolute Gasteiger partial charge is 0.244 e. The predicted molar refractivity (Wildman–Crippen MR) is 108 cm³/mol. The van der Waals surface area contributed by atoms with E-state index in [0.717, 1.165) is 35.1 Å². The summed E-state index contributed by atoms with van der Waals surface area (Å²) in [6, 6.07) is 17.4. The molecule has 1 aromatic heterocycles. The monoisotopic (exact) mass is 365 g/mol. The average Bonchev–Trinajstić information content (AvgIpc) is 2.66. The highest BCUT2D eigenvalue weighted by atomic mass is 35.5. The van der Waals surface area contributed by atoms with Crippen LogP contribution in [0.25, 0.3) is 17.0 Å². The summed E-state index contributed by atoms with van der Waals surface area (Å²) in [6.07, 6.45) is 5.95. The highest BCUT2D eigenvalue weighted by molar-refractivity contribution is 6.31. The van der Waals surface area contributed by atoms with Crippen LogP contribution in [0.4, 0.5) is 5.69 Å². The normalized spacial score (nSPS) is 11.0. The molecule has 3 rings (SSSR count). The maximum atomic E-state index is 11.8. The van der Waals surface area contributed by atoms with Crippen LogP contribution >= 0.6 is 11.6 Å². The van der Waals surface area contributed by atoms with Crippen LogP contribution in [-0.2, 0) is 4.79 Å². The molecule has 26 heavy (non-hydrogen) atoms. The van der Waals surface area contributed by atoms with Crippen LogP contribution in [0.5, 0.6) is 0 Å². The van der Waals surface area contributed by atoms with Gasteiger partial charge in [-0.1, -0.05) is 41.9 Å². The fourth-order valence-corrected chi connectivity index (χ4v) is 2.76. The van der Waals surface area contributed by atoms with Crippen molar-refractivity contribution in [2.45, 2.75) is 6.42 Å². The zero-order valence-corrected chi connectivity index (χ0v) is 15.0. The Morgan fingerprint density at radius 2 is 1.92 bits per heavy atom. The summed E-state index contributed by atoms with van der Waals surface area (Å²) in [4.78, 5) is 16.1. The van der Waals surface area contributed by atoms with Crippen molar-refractivity contribution in [2.24, 2.45) is 0 Å². The Morgan fingerprint density at radius 1 is 1.08 bits per heavy atom. The van der Waals surface area contributed by atoms with Crippen molar-refractivity contribution >= 4 is 40.2 Å². The van der Waals surface area contributed by atoms with E-state index in [9.17, 15) is 4.79 Å². The van der Waals surface area contributed by atoms with Gasteiger partial charge in [0.2, 0.25) is 5.91 Å². The second-order valence-corrected chi connectivity index (χ2v) is 6.27. The van der Waals surface area contributed by atoms with Gasteiger partial charge >= 0.3 is 0 Å². The molecule has 0 bridgehead atoms. The molecule has 0 unspecified atom stereocenters. The van der Waals surface area contributed by atoms with Crippen molar-refractivity contribution in [3.63, 3.8) is 0 Å². The van der Waals surface area contributed by atoms with Crippen molar-refractivity contribution < 1.29 is 4.79 Å². The first-order valence-corrected chi connectivity index (χ1v) is 8.89. The third kappa shape index (κ3) is 5.07. The minimum absolute atomic E-state index is 0.0853. The Balaban J connectivity index is 1.43. The third-order valence-electron chi connectivity index (χ3n) is 3.90. The maximum Gasteiger partial charge on any atom is 0.244 e. The Morgan fingerprint density at radius 3 is 2.77 bits per heavy atom. The number of rotatable bonds is 7. The van der Waals surface area contributed by atoms with Crippen molar-refractivity contribution in [3.8, 4) is 0 Å². The van der Waals surface area contributed by atoms with E-state index in [2.05, 4.69) is 15.6 Å². The van der Waals surface area contributed by atoms with E-state index >= 15 is 0 Å². The molecule has 0 saturated carbocycles. The predicted octanol–water partition coefficient (Wildman–Crippen LogP) is 4.52. The number of nitrogens with one attached hydrogen (secondary N) is 2. The van der Waals surface area contributed by atoms with Gasteiger partial charge < -0.3 is 10.6 Å². The van der Waals surface area contributed by atoms with Crippen LogP contribution < -0.4 is 10.6 Å². The minimum atomic E-state index is -0.0853. The second-order valence-electron chi connectivity index (χ2n) is 5.84. The van der Waals surface area contributed by atoms with Gasteiger partial charge in [0.15, 0.2) is 0 Å². The van der Waals surface area contributed by atoms with Crippen LogP contribution in [0, 0.1) is 0 Å². The summed E-state index contributed by atoms with van der Waals surface area (Å²) < 4.78 is 0. The number of anilines is 1. The molecule has 0 aliphatic rings. The Bertz CT molecular complexity index is 910. The van der Waals surface area contributed by atoms with E-state index in [4.69, 9.17) is 11.6 Å². The standard InChI is InChI=1S/C21H20ClN3O/c22-17-8-9-18-19(11-14-24-20(18)15-17)23-12-4-13-25-21(26)10-7-16-5-2-1-3-6-16/h1-3,5-11,14-15H,4,12-13H2,(H,23,24)(H,25,26)/b10-7+. The lowest BCUT2D eigenvalue weighted by molar-refractivity contribution is -0.116. The van der Waals surface area contributed by atoms with E-state index in [1.807, 2.05) is 60.7 Å². The molecule has 0 spiro atoms. The lowest BCUT2D eigenvalue weighted by Crippen LogP contribution is -2.23. The molecule has 0 saturated heterocycles. The lowest BCUT2D eigenvalue weighted by atomic mass is 10.2. The molecular weight excluding hydrogens is 346 g/mol. The molecule has 0 aliphatic carbocycles. The summed E-state index contributed by atoms with van der Waals surface area (Å²) in [5.74, 6) is -0.0853. The van der Waals surface area contributed by atoms with E-state index in [1.54, 1.807) is 12.3 Å². The molecule has 2 N–H and O–H groups in total. The van der Waals surface area contributed by atoms with E-state index < -0.39 is 0 Å². The van der Waals surface area contributed by atoms with Crippen LogP contribution in [-0.4, -0.2) is 24.0 Å². The van der Waals surface area contributed by atoms with Crippen LogP contribution in [0.3, 0.4) is 0 Å². The van der Waals surface area contributed by atoms with E-state index in [1.165, 1.54) is 0 Å². The molecule has 0 fully saturated rings. The average molecular weight is 366 g/mol. The fourth-order valence-electron chi connectivity index (χ4n) is 2.59. The van der Waals surface area contributed by atoms with Gasteiger partial charge in [0.05, 0.1) is 5.52 Å². The van der Waals surface area contributed by atoms with E-state index in [0.29, 0.717) is 11.6 Å². The van der Waals surface area contributed by atoms with Crippen molar-refractivity contribution in [1.82, 2.24) is 10.3 Å². The van der Waals surface area contributed by atoms with Gasteiger partial charge in [0.1, 0.15) is 0 Å². The number of hydrogen-bond acceptors (Lipinski definition) is 3. The summed E-state index contributed by atoms with van der Waals surface area (Å²) in [5.41, 5.74) is 2.89. The molecule has 132 valence electrons. The lowest BCUT2D eigenvalue weighted by Gasteiger charge is -2.09. The number of nitrogens with zero attached hydrogens (tertiary/aromatic N) is 1. The Hall–Kier alpha value is -2.85. The molecule has 0 atom stereocenters. The van der Waals surface area contributed by atoms with Gasteiger partial charge in [0.25, 0.3) is 0 Å². The Labute approximate surface area is 157 Å². The highest BCUT2D eigenvalue weighted by Gasteiger charge is 2.02. The van der Waals surface area contributed by atoms with Crippen LogP contribution in [0.2, 0.25) is 5.02 Å². The second kappa shape index (κ2) is 9.02.